The normalized spacial score (nSPS) is 12.5. The summed E-state index contributed by atoms with van der Waals surface area (Å²) in [5.41, 5.74) is 0. The van der Waals surface area contributed by atoms with Gasteiger partial charge >= 0.3 is 23.9 Å². The summed E-state index contributed by atoms with van der Waals surface area (Å²) < 4.78 is 39.1. The number of rotatable bonds is 48. The van der Waals surface area contributed by atoms with Crippen LogP contribution in [0.4, 0.5) is 0 Å². The predicted octanol–water partition coefficient (Wildman–Crippen LogP) is 11.1. The first kappa shape index (κ1) is 60.6. The van der Waals surface area contributed by atoms with Gasteiger partial charge in [-0.05, 0) is 32.1 Å². The summed E-state index contributed by atoms with van der Waals surface area (Å²) in [6.07, 6.45) is 32.4. The van der Waals surface area contributed by atoms with Gasteiger partial charge in [0.1, 0.15) is 18.8 Å². The first-order valence-electron chi connectivity index (χ1n) is 25.0. The van der Waals surface area contributed by atoms with Crippen molar-refractivity contribution in [3.8, 4) is 0 Å². The third-order valence-corrected chi connectivity index (χ3v) is 13.9. The Morgan fingerprint density at radius 3 is 1.44 bits per heavy atom. The summed E-state index contributed by atoms with van der Waals surface area (Å²) in [4.78, 5) is 59.5. The van der Waals surface area contributed by atoms with Gasteiger partial charge in [-0.3, -0.25) is 19.2 Å². The molecule has 0 aromatic heterocycles. The molecule has 0 spiro atoms. The van der Waals surface area contributed by atoms with E-state index in [2.05, 4.69) is 23.9 Å². The van der Waals surface area contributed by atoms with E-state index in [9.17, 15) is 37.5 Å². The van der Waals surface area contributed by atoms with E-state index in [4.69, 9.17) is 14.6 Å². The van der Waals surface area contributed by atoms with E-state index in [1.54, 1.807) is 0 Å². The Hall–Kier alpha value is -2.39. The van der Waals surface area contributed by atoms with Gasteiger partial charge in [0.25, 0.3) is 0 Å². The molecular formula is C48H90N2O11S2. The number of thioether (sulfide) groups is 1. The van der Waals surface area contributed by atoms with Crippen molar-refractivity contribution in [2.24, 2.45) is 0 Å². The van der Waals surface area contributed by atoms with Gasteiger partial charge in [0, 0.05) is 43.7 Å². The van der Waals surface area contributed by atoms with Crippen LogP contribution in [-0.4, -0.2) is 91.0 Å². The smallest absolute Gasteiger partial charge is 0.326 e. The molecule has 0 aromatic rings. The molecule has 0 aromatic carbocycles. The molecule has 0 aliphatic rings. The number of sulfonamides is 1. The molecular weight excluding hydrogens is 845 g/mol. The molecule has 2 atom stereocenters. The Morgan fingerprint density at radius 1 is 0.556 bits per heavy atom. The number of amides is 1. The van der Waals surface area contributed by atoms with E-state index in [1.807, 2.05) is 0 Å². The number of carbonyl (C=O) groups is 5. The molecule has 0 saturated carbocycles. The molecule has 0 aliphatic heterocycles. The zero-order chi connectivity index (χ0) is 46.7. The number of esters is 2. The average Bonchev–Trinajstić information content (AvgIpc) is 3.24. The fourth-order valence-corrected chi connectivity index (χ4v) is 9.80. The molecule has 4 N–H and O–H groups in total. The van der Waals surface area contributed by atoms with Crippen LogP contribution in [0.25, 0.3) is 0 Å². The fourth-order valence-electron chi connectivity index (χ4n) is 7.26. The lowest BCUT2D eigenvalue weighted by molar-refractivity contribution is -0.157. The SMILES string of the molecule is CCCCCCCCCCCCCCCC(=O)OCC(CSCCS(=O)(=O)NCCCCCC(=O)NC(CCC(=O)O)C(=O)O)OC(=O)CCCCCCCCCCCCCCC. The second-order valence-electron chi connectivity index (χ2n) is 17.3. The highest BCUT2D eigenvalue weighted by molar-refractivity contribution is 8.00. The molecule has 1 amide bonds. The van der Waals surface area contributed by atoms with Gasteiger partial charge in [-0.2, -0.15) is 11.8 Å². The van der Waals surface area contributed by atoms with Crippen LogP contribution in [0.1, 0.15) is 232 Å². The molecule has 370 valence electrons. The van der Waals surface area contributed by atoms with Crippen molar-refractivity contribution in [2.45, 2.75) is 244 Å². The standard InChI is InChI=1S/C48H90N2O11S2/c1-3-5-7-9-11-13-15-17-19-21-23-25-29-33-46(54)60-40-42(61-47(55)34-30-26-24-22-20-18-16-14-12-10-8-6-4-2)41-62-38-39-63(58,59)49-37-31-27-28-32-44(51)50-43(48(56)57)35-36-45(52)53/h42-43,49H,3-41H2,1-2H3,(H,50,51)(H,52,53)(H,56,57). The van der Waals surface area contributed by atoms with Crippen molar-refractivity contribution >= 4 is 51.6 Å². The zero-order valence-corrected chi connectivity index (χ0v) is 41.3. The third kappa shape index (κ3) is 43.3. The number of hydrogen-bond donors (Lipinski definition) is 4. The number of carboxylic acids is 2. The third-order valence-electron chi connectivity index (χ3n) is 11.2. The van der Waals surface area contributed by atoms with Crippen molar-refractivity contribution in [3.05, 3.63) is 0 Å². The number of ether oxygens (including phenoxy) is 2. The molecule has 0 saturated heterocycles. The summed E-state index contributed by atoms with van der Waals surface area (Å²) >= 11 is 1.32. The second kappa shape index (κ2) is 43.5. The first-order valence-corrected chi connectivity index (χ1v) is 27.8. The fraction of sp³-hybridized carbons (Fsp3) is 0.896. The van der Waals surface area contributed by atoms with Crippen LogP contribution in [0, 0.1) is 0 Å². The maximum absolute atomic E-state index is 12.8. The second-order valence-corrected chi connectivity index (χ2v) is 20.3. The Morgan fingerprint density at radius 2 is 0.984 bits per heavy atom. The molecule has 0 rings (SSSR count). The first-order chi connectivity index (χ1) is 30.4. The largest absolute Gasteiger partial charge is 0.481 e. The van der Waals surface area contributed by atoms with E-state index >= 15 is 0 Å². The molecule has 0 heterocycles. The lowest BCUT2D eigenvalue weighted by atomic mass is 10.0. The maximum atomic E-state index is 12.8. The highest BCUT2D eigenvalue weighted by atomic mass is 32.2. The summed E-state index contributed by atoms with van der Waals surface area (Å²) in [7, 11) is -3.59. The van der Waals surface area contributed by atoms with E-state index in [0.29, 0.717) is 37.9 Å². The van der Waals surface area contributed by atoms with Crippen LogP contribution < -0.4 is 10.0 Å². The van der Waals surface area contributed by atoms with Crippen molar-refractivity contribution < 1.29 is 52.1 Å². The van der Waals surface area contributed by atoms with Crippen molar-refractivity contribution in [1.82, 2.24) is 10.0 Å². The summed E-state index contributed by atoms with van der Waals surface area (Å²) in [6, 6.07) is -1.27. The minimum atomic E-state index is -3.59. The Balaban J connectivity index is 4.57. The molecule has 15 heteroatoms. The van der Waals surface area contributed by atoms with E-state index < -0.39 is 40.0 Å². The van der Waals surface area contributed by atoms with Gasteiger partial charge < -0.3 is 25.0 Å². The molecule has 63 heavy (non-hydrogen) atoms. The molecule has 2 unspecified atom stereocenters. The quantitative estimate of drug-likeness (QED) is 0.0333. The molecule has 0 fully saturated rings. The van der Waals surface area contributed by atoms with Crippen molar-refractivity contribution in [1.29, 1.82) is 0 Å². The topological polar surface area (TPSA) is 202 Å². The van der Waals surface area contributed by atoms with Gasteiger partial charge in [-0.1, -0.05) is 174 Å². The summed E-state index contributed by atoms with van der Waals surface area (Å²) in [6.45, 7) is 4.61. The van der Waals surface area contributed by atoms with Gasteiger partial charge in [0.15, 0.2) is 0 Å². The Kier molecular flexibility index (Phi) is 41.8. The number of carboxylic acid groups (broad SMARTS) is 2. The lowest BCUT2D eigenvalue weighted by Gasteiger charge is -2.18. The summed E-state index contributed by atoms with van der Waals surface area (Å²) in [5, 5.41) is 20.3. The predicted molar refractivity (Wildman–Crippen MR) is 255 cm³/mol. The number of aliphatic carboxylic acids is 2. The van der Waals surface area contributed by atoms with Gasteiger partial charge in [-0.25, -0.2) is 17.9 Å². The van der Waals surface area contributed by atoms with Crippen LogP contribution in [0.15, 0.2) is 0 Å². The van der Waals surface area contributed by atoms with Crippen LogP contribution in [0.2, 0.25) is 0 Å². The van der Waals surface area contributed by atoms with Gasteiger partial charge in [0.05, 0.1) is 5.75 Å². The van der Waals surface area contributed by atoms with Crippen molar-refractivity contribution in [2.75, 3.05) is 30.4 Å². The van der Waals surface area contributed by atoms with E-state index in [1.165, 1.54) is 140 Å². The van der Waals surface area contributed by atoms with Crippen LogP contribution in [0.3, 0.4) is 0 Å². The average molecular weight is 935 g/mol. The minimum Gasteiger partial charge on any atom is -0.481 e. The molecule has 0 radical (unpaired) electrons. The zero-order valence-electron chi connectivity index (χ0n) is 39.6. The van der Waals surface area contributed by atoms with E-state index in [0.717, 1.165) is 38.5 Å². The number of unbranched alkanes of at least 4 members (excludes halogenated alkanes) is 26. The minimum absolute atomic E-state index is 0.0418. The highest BCUT2D eigenvalue weighted by Crippen LogP contribution is 2.16. The van der Waals surface area contributed by atoms with Gasteiger partial charge in [0.2, 0.25) is 15.9 Å². The highest BCUT2D eigenvalue weighted by Gasteiger charge is 2.21. The van der Waals surface area contributed by atoms with E-state index in [-0.39, 0.29) is 55.9 Å². The monoisotopic (exact) mass is 935 g/mol. The van der Waals surface area contributed by atoms with Gasteiger partial charge in [-0.15, -0.1) is 0 Å². The number of nitrogens with one attached hydrogen (secondary N) is 2. The summed E-state index contributed by atoms with van der Waals surface area (Å²) in [5.74, 6) is -3.19. The molecule has 0 bridgehead atoms. The Bertz CT molecular complexity index is 1270. The Labute approximate surface area is 386 Å². The number of hydrogen-bond acceptors (Lipinski definition) is 10. The molecule has 0 aliphatic carbocycles. The molecule has 13 nitrogen and oxygen atoms in total. The lowest BCUT2D eigenvalue weighted by Crippen LogP contribution is -2.41. The van der Waals surface area contributed by atoms with Crippen LogP contribution >= 0.6 is 11.8 Å². The maximum Gasteiger partial charge on any atom is 0.326 e. The number of carbonyl (C=O) groups excluding carboxylic acids is 3. The van der Waals surface area contributed by atoms with Crippen LogP contribution in [0.5, 0.6) is 0 Å². The van der Waals surface area contributed by atoms with Crippen molar-refractivity contribution in [3.63, 3.8) is 0 Å². The van der Waals surface area contributed by atoms with Crippen LogP contribution in [-0.2, 0) is 43.5 Å².